The molecular formula is C10H12FN2. The standard InChI is InChI=1S/C10H12FN2/c11-13-7-6-12-10(8-13)9-4-2-1-3-5-9/h1-5,10H,6-8H2. The molecule has 0 aliphatic carbocycles. The summed E-state index contributed by atoms with van der Waals surface area (Å²) in [6.07, 6.45) is 0. The van der Waals surface area contributed by atoms with Crippen molar-refractivity contribution < 1.29 is 4.48 Å². The lowest BCUT2D eigenvalue weighted by Gasteiger charge is -2.26. The molecule has 69 valence electrons. The molecule has 0 aromatic heterocycles. The molecule has 1 aliphatic rings. The first-order chi connectivity index (χ1) is 6.36. The molecule has 2 nitrogen and oxygen atoms in total. The Labute approximate surface area is 77.3 Å². The Hall–Kier alpha value is -0.930. The van der Waals surface area contributed by atoms with Crippen LogP contribution in [-0.4, -0.2) is 24.8 Å². The van der Waals surface area contributed by atoms with Gasteiger partial charge in [0.25, 0.3) is 0 Å². The van der Waals surface area contributed by atoms with Crippen LogP contribution >= 0.6 is 0 Å². The quantitative estimate of drug-likeness (QED) is 0.598. The molecule has 1 saturated heterocycles. The number of hydrogen-bond acceptors (Lipinski definition) is 1. The summed E-state index contributed by atoms with van der Waals surface area (Å²) in [5.41, 5.74) is 1.10. The lowest BCUT2D eigenvalue weighted by molar-refractivity contribution is -0.00465. The van der Waals surface area contributed by atoms with Gasteiger partial charge in [-0.3, -0.25) is 0 Å². The molecule has 3 heteroatoms. The third-order valence-corrected chi connectivity index (χ3v) is 2.25. The summed E-state index contributed by atoms with van der Waals surface area (Å²) in [5, 5.41) is 5.21. The maximum Gasteiger partial charge on any atom is 0.0649 e. The molecule has 1 radical (unpaired) electrons. The predicted molar refractivity (Wildman–Crippen MR) is 48.9 cm³/mol. The van der Waals surface area contributed by atoms with Crippen LogP contribution in [0.4, 0.5) is 4.48 Å². The third-order valence-electron chi connectivity index (χ3n) is 2.25. The van der Waals surface area contributed by atoms with E-state index in [-0.39, 0.29) is 6.04 Å². The minimum atomic E-state index is 0.0138. The molecule has 0 amide bonds. The average Bonchev–Trinajstić information content (AvgIpc) is 2.19. The van der Waals surface area contributed by atoms with E-state index in [0.29, 0.717) is 19.6 Å². The van der Waals surface area contributed by atoms with E-state index in [1.165, 1.54) is 0 Å². The maximum atomic E-state index is 12.9. The lowest BCUT2D eigenvalue weighted by Crippen LogP contribution is -2.37. The number of nitrogens with zero attached hydrogens (tertiary/aromatic N) is 2. The van der Waals surface area contributed by atoms with Crippen molar-refractivity contribution in [2.45, 2.75) is 6.04 Å². The van der Waals surface area contributed by atoms with Crippen molar-refractivity contribution in [3.05, 3.63) is 35.9 Å². The number of halogens is 1. The van der Waals surface area contributed by atoms with Gasteiger partial charge in [0.15, 0.2) is 0 Å². The fraction of sp³-hybridized carbons (Fsp3) is 0.400. The average molecular weight is 179 g/mol. The minimum absolute atomic E-state index is 0.0138. The molecule has 1 fully saturated rings. The number of piperazine rings is 1. The van der Waals surface area contributed by atoms with Crippen LogP contribution in [0.15, 0.2) is 30.3 Å². The molecule has 2 rings (SSSR count). The molecule has 0 bridgehead atoms. The second-order valence-electron chi connectivity index (χ2n) is 3.20. The van der Waals surface area contributed by atoms with Crippen LogP contribution in [-0.2, 0) is 0 Å². The fourth-order valence-corrected chi connectivity index (χ4v) is 1.54. The van der Waals surface area contributed by atoms with E-state index >= 15 is 0 Å². The Morgan fingerprint density at radius 1 is 1.31 bits per heavy atom. The third kappa shape index (κ3) is 2.05. The van der Waals surface area contributed by atoms with Crippen LogP contribution in [0.1, 0.15) is 11.6 Å². The molecule has 0 saturated carbocycles. The highest BCUT2D eigenvalue weighted by molar-refractivity contribution is 5.19. The van der Waals surface area contributed by atoms with Crippen molar-refractivity contribution in [1.29, 1.82) is 0 Å². The summed E-state index contributed by atoms with van der Waals surface area (Å²) in [5.74, 6) is 0. The first kappa shape index (κ1) is 8.66. The molecule has 1 heterocycles. The predicted octanol–water partition coefficient (Wildman–Crippen LogP) is 1.53. The van der Waals surface area contributed by atoms with Crippen LogP contribution in [0.3, 0.4) is 0 Å². The molecule has 0 spiro atoms. The van der Waals surface area contributed by atoms with Gasteiger partial charge >= 0.3 is 0 Å². The fourth-order valence-electron chi connectivity index (χ4n) is 1.54. The van der Waals surface area contributed by atoms with Gasteiger partial charge in [0.1, 0.15) is 0 Å². The maximum absolute atomic E-state index is 12.9. The Bertz CT molecular complexity index is 263. The van der Waals surface area contributed by atoms with Gasteiger partial charge in [-0.05, 0) is 5.56 Å². The number of rotatable bonds is 1. The van der Waals surface area contributed by atoms with Gasteiger partial charge in [-0.15, -0.1) is 9.60 Å². The first-order valence-electron chi connectivity index (χ1n) is 4.48. The van der Waals surface area contributed by atoms with E-state index in [0.717, 1.165) is 10.7 Å². The highest BCUT2D eigenvalue weighted by Gasteiger charge is 2.20. The van der Waals surface area contributed by atoms with E-state index in [9.17, 15) is 4.48 Å². The van der Waals surface area contributed by atoms with Crippen molar-refractivity contribution in [3.63, 3.8) is 0 Å². The molecule has 13 heavy (non-hydrogen) atoms. The van der Waals surface area contributed by atoms with E-state index in [1.54, 1.807) is 0 Å². The van der Waals surface area contributed by atoms with Crippen molar-refractivity contribution in [2.24, 2.45) is 0 Å². The van der Waals surface area contributed by atoms with Crippen LogP contribution in [0.25, 0.3) is 0 Å². The highest BCUT2D eigenvalue weighted by atomic mass is 19.2. The summed E-state index contributed by atoms with van der Waals surface area (Å²) in [7, 11) is 0. The summed E-state index contributed by atoms with van der Waals surface area (Å²) < 4.78 is 12.9. The lowest BCUT2D eigenvalue weighted by atomic mass is 10.1. The summed E-state index contributed by atoms with van der Waals surface area (Å²) in [4.78, 5) is 0. The Balaban J connectivity index is 2.08. The zero-order valence-electron chi connectivity index (χ0n) is 7.36. The van der Waals surface area contributed by atoms with Gasteiger partial charge in [0.2, 0.25) is 0 Å². The van der Waals surface area contributed by atoms with E-state index in [2.05, 4.69) is 5.32 Å². The Kier molecular flexibility index (Phi) is 2.57. The van der Waals surface area contributed by atoms with Crippen molar-refractivity contribution in [2.75, 3.05) is 19.6 Å². The smallest absolute Gasteiger partial charge is 0.0649 e. The molecule has 1 unspecified atom stereocenters. The SMILES string of the molecule is FN1CC[N]C(c2ccccc2)C1. The van der Waals surface area contributed by atoms with Crippen LogP contribution in [0, 0.1) is 0 Å². The zero-order valence-corrected chi connectivity index (χ0v) is 7.36. The molecule has 1 aromatic carbocycles. The molecule has 1 aliphatic heterocycles. The van der Waals surface area contributed by atoms with Gasteiger partial charge < -0.3 is 0 Å². The molecule has 0 N–H and O–H groups in total. The van der Waals surface area contributed by atoms with Crippen molar-refractivity contribution in [3.8, 4) is 0 Å². The highest BCUT2D eigenvalue weighted by Crippen LogP contribution is 2.17. The molecule has 1 aromatic rings. The zero-order chi connectivity index (χ0) is 9.10. The van der Waals surface area contributed by atoms with E-state index in [4.69, 9.17) is 0 Å². The van der Waals surface area contributed by atoms with Crippen molar-refractivity contribution in [1.82, 2.24) is 10.4 Å². The topological polar surface area (TPSA) is 17.3 Å². The second-order valence-corrected chi connectivity index (χ2v) is 3.20. The van der Waals surface area contributed by atoms with Crippen LogP contribution in [0.5, 0.6) is 0 Å². The van der Waals surface area contributed by atoms with Gasteiger partial charge in [0.05, 0.1) is 12.6 Å². The monoisotopic (exact) mass is 179 g/mol. The normalized spacial score (nSPS) is 24.5. The van der Waals surface area contributed by atoms with E-state index in [1.807, 2.05) is 30.3 Å². The summed E-state index contributed by atoms with van der Waals surface area (Å²) in [6, 6.07) is 9.88. The van der Waals surface area contributed by atoms with Crippen molar-refractivity contribution >= 4 is 0 Å². The largest absolute Gasteiger partial charge is 0.231 e. The first-order valence-corrected chi connectivity index (χ1v) is 4.48. The molecule has 1 atom stereocenters. The minimum Gasteiger partial charge on any atom is -0.231 e. The van der Waals surface area contributed by atoms with Gasteiger partial charge in [-0.2, -0.15) is 0 Å². The number of hydrogen-bond donors (Lipinski definition) is 0. The van der Waals surface area contributed by atoms with Crippen LogP contribution < -0.4 is 5.32 Å². The van der Waals surface area contributed by atoms with Crippen LogP contribution in [0.2, 0.25) is 0 Å². The Morgan fingerprint density at radius 3 is 2.77 bits per heavy atom. The molecular weight excluding hydrogens is 167 g/mol. The number of benzene rings is 1. The summed E-state index contributed by atoms with van der Waals surface area (Å²) >= 11 is 0. The van der Waals surface area contributed by atoms with Gasteiger partial charge in [0, 0.05) is 13.1 Å². The second kappa shape index (κ2) is 3.85. The Morgan fingerprint density at radius 2 is 2.08 bits per heavy atom. The van der Waals surface area contributed by atoms with Gasteiger partial charge in [-0.1, -0.05) is 30.3 Å². The van der Waals surface area contributed by atoms with Gasteiger partial charge in [-0.25, -0.2) is 5.32 Å². The summed E-state index contributed by atoms with van der Waals surface area (Å²) in [6.45, 7) is 1.42. The van der Waals surface area contributed by atoms with E-state index < -0.39 is 0 Å².